The number of nitriles is 1. The normalized spacial score (nSPS) is 10.3. The molecule has 0 saturated heterocycles. The van der Waals surface area contributed by atoms with E-state index >= 15 is 0 Å². The highest BCUT2D eigenvalue weighted by molar-refractivity contribution is 6.29. The molecule has 1 aromatic rings. The fourth-order valence-electron chi connectivity index (χ4n) is 1.03. The summed E-state index contributed by atoms with van der Waals surface area (Å²) in [4.78, 5) is 3.43. The highest BCUT2D eigenvalue weighted by Crippen LogP contribution is 2.27. The van der Waals surface area contributed by atoms with Crippen LogP contribution in [0.1, 0.15) is 23.2 Å². The van der Waals surface area contributed by atoms with Crippen LogP contribution < -0.4 is 0 Å². The summed E-state index contributed by atoms with van der Waals surface area (Å²) < 4.78 is 24.9. The van der Waals surface area contributed by atoms with E-state index in [1.54, 1.807) is 0 Å². The van der Waals surface area contributed by atoms with E-state index in [1.807, 2.05) is 0 Å². The average Bonchev–Trinajstić information content (AvgIpc) is 2.15. The molecule has 0 aromatic carbocycles. The third kappa shape index (κ3) is 1.97. The molecule has 0 atom stereocenters. The second-order valence-electron chi connectivity index (χ2n) is 2.44. The van der Waals surface area contributed by atoms with Crippen LogP contribution in [0.2, 0.25) is 5.15 Å². The van der Waals surface area contributed by atoms with Gasteiger partial charge in [0.25, 0.3) is 6.43 Å². The summed E-state index contributed by atoms with van der Waals surface area (Å²) >= 11 is 5.47. The summed E-state index contributed by atoms with van der Waals surface area (Å²) in [6, 6.07) is 2.62. The van der Waals surface area contributed by atoms with E-state index in [1.165, 1.54) is 6.07 Å². The van der Waals surface area contributed by atoms with Gasteiger partial charge < -0.3 is 5.11 Å². The zero-order chi connectivity index (χ0) is 10.7. The monoisotopic (exact) mass is 218 g/mol. The van der Waals surface area contributed by atoms with E-state index in [0.29, 0.717) is 0 Å². The van der Waals surface area contributed by atoms with Crippen LogP contribution in [0.25, 0.3) is 0 Å². The van der Waals surface area contributed by atoms with Gasteiger partial charge in [0.15, 0.2) is 5.69 Å². The molecule has 0 spiro atoms. The van der Waals surface area contributed by atoms with Crippen molar-refractivity contribution in [3.8, 4) is 6.07 Å². The van der Waals surface area contributed by atoms with Crippen LogP contribution in [0.15, 0.2) is 6.07 Å². The number of aliphatic hydroxyl groups is 1. The Hall–Kier alpha value is -1.25. The predicted octanol–water partition coefficient (Wildman–Crippen LogP) is 2.04. The van der Waals surface area contributed by atoms with Crippen molar-refractivity contribution >= 4 is 11.6 Å². The van der Waals surface area contributed by atoms with Gasteiger partial charge in [-0.2, -0.15) is 5.26 Å². The lowest BCUT2D eigenvalue weighted by Crippen LogP contribution is -2.01. The molecule has 1 heterocycles. The van der Waals surface area contributed by atoms with E-state index in [4.69, 9.17) is 22.0 Å². The van der Waals surface area contributed by atoms with Gasteiger partial charge in [-0.25, -0.2) is 13.8 Å². The number of halogens is 3. The van der Waals surface area contributed by atoms with Gasteiger partial charge in [0.05, 0.1) is 12.2 Å². The van der Waals surface area contributed by atoms with Gasteiger partial charge in [-0.15, -0.1) is 0 Å². The summed E-state index contributed by atoms with van der Waals surface area (Å²) in [5.41, 5.74) is -1.08. The number of pyridine rings is 1. The fourth-order valence-corrected chi connectivity index (χ4v) is 1.25. The standard InChI is InChI=1S/C8H5ClF2N2O/c9-6-1-4(3-14)7(8(10)11)5(2-12)13-6/h1,8,14H,3H2. The lowest BCUT2D eigenvalue weighted by atomic mass is 10.1. The van der Waals surface area contributed by atoms with Crippen LogP contribution in [0.3, 0.4) is 0 Å². The summed E-state index contributed by atoms with van der Waals surface area (Å²) in [5, 5.41) is 17.2. The van der Waals surface area contributed by atoms with Crippen LogP contribution >= 0.6 is 11.6 Å². The summed E-state index contributed by atoms with van der Waals surface area (Å²) in [7, 11) is 0. The van der Waals surface area contributed by atoms with Gasteiger partial charge >= 0.3 is 0 Å². The number of aromatic nitrogens is 1. The molecule has 1 N–H and O–H groups in total. The lowest BCUT2D eigenvalue weighted by molar-refractivity contribution is 0.146. The Morgan fingerprint density at radius 1 is 1.64 bits per heavy atom. The number of hydrogen-bond acceptors (Lipinski definition) is 3. The number of rotatable bonds is 2. The molecule has 0 aliphatic heterocycles. The molecule has 6 heteroatoms. The van der Waals surface area contributed by atoms with Gasteiger partial charge in [0.2, 0.25) is 0 Å². The van der Waals surface area contributed by atoms with Crippen LogP contribution in [-0.4, -0.2) is 10.1 Å². The maximum atomic E-state index is 12.4. The first kappa shape index (κ1) is 10.8. The Morgan fingerprint density at radius 2 is 2.29 bits per heavy atom. The number of hydrogen-bond donors (Lipinski definition) is 1. The van der Waals surface area contributed by atoms with Gasteiger partial charge in [-0.05, 0) is 11.6 Å². The molecular weight excluding hydrogens is 214 g/mol. The average molecular weight is 219 g/mol. The van der Waals surface area contributed by atoms with E-state index < -0.39 is 24.3 Å². The van der Waals surface area contributed by atoms with Crippen molar-refractivity contribution in [3.05, 3.63) is 28.0 Å². The summed E-state index contributed by atoms with van der Waals surface area (Å²) in [5.74, 6) is 0. The first-order chi connectivity index (χ1) is 6.60. The van der Waals surface area contributed by atoms with Gasteiger partial charge in [0.1, 0.15) is 11.2 Å². The lowest BCUT2D eigenvalue weighted by Gasteiger charge is -2.07. The summed E-state index contributed by atoms with van der Waals surface area (Å²) in [6.07, 6.45) is -2.85. The minimum absolute atomic E-state index is 0.0726. The summed E-state index contributed by atoms with van der Waals surface area (Å²) in [6.45, 7) is -0.601. The maximum absolute atomic E-state index is 12.4. The molecule has 3 nitrogen and oxygen atoms in total. The molecule has 0 amide bonds. The van der Waals surface area contributed by atoms with Crippen molar-refractivity contribution in [2.45, 2.75) is 13.0 Å². The Labute approximate surface area is 83.6 Å². The van der Waals surface area contributed by atoms with Crippen LogP contribution in [-0.2, 0) is 6.61 Å². The molecule has 0 saturated carbocycles. The Kier molecular flexibility index (Phi) is 3.33. The zero-order valence-electron chi connectivity index (χ0n) is 6.84. The van der Waals surface area contributed by atoms with E-state index in [9.17, 15) is 8.78 Å². The first-order valence-corrected chi connectivity index (χ1v) is 3.96. The van der Waals surface area contributed by atoms with E-state index in [2.05, 4.69) is 4.98 Å². The van der Waals surface area contributed by atoms with Gasteiger partial charge in [-0.3, -0.25) is 0 Å². The largest absolute Gasteiger partial charge is 0.392 e. The minimum Gasteiger partial charge on any atom is -0.392 e. The van der Waals surface area contributed by atoms with Crippen LogP contribution in [0.5, 0.6) is 0 Å². The van der Waals surface area contributed by atoms with Gasteiger partial charge in [-0.1, -0.05) is 11.6 Å². The molecule has 14 heavy (non-hydrogen) atoms. The molecule has 0 radical (unpaired) electrons. The molecule has 1 aromatic heterocycles. The van der Waals surface area contributed by atoms with Crippen LogP contribution in [0, 0.1) is 11.3 Å². The highest BCUT2D eigenvalue weighted by atomic mass is 35.5. The fraction of sp³-hybridized carbons (Fsp3) is 0.250. The van der Waals surface area contributed by atoms with Crippen molar-refractivity contribution in [1.29, 1.82) is 5.26 Å². The zero-order valence-corrected chi connectivity index (χ0v) is 7.59. The molecule has 74 valence electrons. The van der Waals surface area contributed by atoms with Crippen molar-refractivity contribution in [3.63, 3.8) is 0 Å². The van der Waals surface area contributed by atoms with Crippen molar-refractivity contribution in [1.82, 2.24) is 4.98 Å². The number of aliphatic hydroxyl groups excluding tert-OH is 1. The number of nitrogens with zero attached hydrogens (tertiary/aromatic N) is 2. The third-order valence-corrected chi connectivity index (χ3v) is 1.80. The first-order valence-electron chi connectivity index (χ1n) is 3.58. The highest BCUT2D eigenvalue weighted by Gasteiger charge is 2.19. The second kappa shape index (κ2) is 4.31. The van der Waals surface area contributed by atoms with Gasteiger partial charge in [0, 0.05) is 0 Å². The Morgan fingerprint density at radius 3 is 2.71 bits per heavy atom. The Bertz CT molecular complexity index is 390. The molecule has 0 aliphatic rings. The maximum Gasteiger partial charge on any atom is 0.267 e. The Balaban J connectivity index is 3.42. The molecule has 0 unspecified atom stereocenters. The third-order valence-electron chi connectivity index (χ3n) is 1.61. The second-order valence-corrected chi connectivity index (χ2v) is 2.82. The van der Waals surface area contributed by atoms with E-state index in [-0.39, 0.29) is 10.7 Å². The predicted molar refractivity (Wildman–Crippen MR) is 44.8 cm³/mol. The molecule has 0 fully saturated rings. The van der Waals surface area contributed by atoms with Crippen LogP contribution in [0.4, 0.5) is 8.78 Å². The van der Waals surface area contributed by atoms with Crippen molar-refractivity contribution in [2.75, 3.05) is 0 Å². The van der Waals surface area contributed by atoms with Crippen molar-refractivity contribution in [2.24, 2.45) is 0 Å². The molecule has 0 bridgehead atoms. The smallest absolute Gasteiger partial charge is 0.267 e. The molecular formula is C8H5ClF2N2O. The number of alkyl halides is 2. The van der Waals surface area contributed by atoms with Crippen molar-refractivity contribution < 1.29 is 13.9 Å². The quantitative estimate of drug-likeness (QED) is 0.773. The molecule has 1 rings (SSSR count). The topological polar surface area (TPSA) is 56.9 Å². The minimum atomic E-state index is -2.85. The van der Waals surface area contributed by atoms with E-state index in [0.717, 1.165) is 6.07 Å². The molecule has 0 aliphatic carbocycles. The SMILES string of the molecule is N#Cc1nc(Cl)cc(CO)c1C(F)F.